The van der Waals surface area contributed by atoms with Gasteiger partial charge in [0.1, 0.15) is 16.2 Å². The molecule has 0 amide bonds. The van der Waals surface area contributed by atoms with Gasteiger partial charge in [0.15, 0.2) is 0 Å². The third kappa shape index (κ3) is 4.35. The summed E-state index contributed by atoms with van der Waals surface area (Å²) in [6.07, 6.45) is 3.22. The van der Waals surface area contributed by atoms with Crippen molar-refractivity contribution in [3.8, 4) is 0 Å². The molecule has 3 nitrogen and oxygen atoms in total. The Kier molecular flexibility index (Phi) is 5.12. The Balaban J connectivity index is 2.16. The minimum absolute atomic E-state index is 0.380. The molecule has 0 atom stereocenters. The van der Waals surface area contributed by atoms with Gasteiger partial charge in [0.05, 0.1) is 0 Å². The molecule has 1 aliphatic rings. The van der Waals surface area contributed by atoms with Crippen LogP contribution < -0.4 is 4.90 Å². The third-order valence-corrected chi connectivity index (χ3v) is 5.14. The Morgan fingerprint density at radius 1 is 1.37 bits per heavy atom. The zero-order chi connectivity index (χ0) is 13.9. The monoisotopic (exact) mass is 343 g/mol. The molecule has 0 unspecified atom stereocenters. The van der Waals surface area contributed by atoms with E-state index in [2.05, 4.69) is 58.3 Å². The quantitative estimate of drug-likeness (QED) is 0.778. The number of aromatic nitrogens is 2. The van der Waals surface area contributed by atoms with Crippen molar-refractivity contribution >= 4 is 33.5 Å². The van der Waals surface area contributed by atoms with Crippen LogP contribution >= 0.6 is 27.7 Å². The van der Waals surface area contributed by atoms with Crippen LogP contribution in [-0.2, 0) is 6.42 Å². The first kappa shape index (κ1) is 15.1. The second kappa shape index (κ2) is 6.44. The highest BCUT2D eigenvalue weighted by atomic mass is 79.9. The maximum Gasteiger partial charge on any atom is 0.133 e. The predicted octanol–water partition coefficient (Wildman–Crippen LogP) is 3.91. The van der Waals surface area contributed by atoms with Crippen molar-refractivity contribution in [2.24, 2.45) is 0 Å². The van der Waals surface area contributed by atoms with Crippen molar-refractivity contribution in [2.75, 3.05) is 23.7 Å². The van der Waals surface area contributed by atoms with Crippen LogP contribution in [0.4, 0.5) is 5.82 Å². The summed E-state index contributed by atoms with van der Waals surface area (Å²) < 4.78 is 1.28. The van der Waals surface area contributed by atoms with E-state index in [1.165, 1.54) is 6.42 Å². The largest absolute Gasteiger partial charge is 0.356 e. The van der Waals surface area contributed by atoms with E-state index in [1.54, 1.807) is 0 Å². The van der Waals surface area contributed by atoms with Gasteiger partial charge in [-0.1, -0.05) is 20.8 Å². The standard InChI is InChI=1S/C14H22BrN3S/c1-4-5-12-16-11(15)10-13(17-12)18-7-6-14(2,3)19-9-8-18/h10H,4-9H2,1-3H3. The van der Waals surface area contributed by atoms with E-state index >= 15 is 0 Å². The molecule has 0 N–H and O–H groups in total. The topological polar surface area (TPSA) is 29.0 Å². The molecule has 106 valence electrons. The number of aryl methyl sites for hydroxylation is 1. The summed E-state index contributed by atoms with van der Waals surface area (Å²) in [7, 11) is 0. The molecule has 1 fully saturated rings. The lowest BCUT2D eigenvalue weighted by molar-refractivity contribution is 0.633. The van der Waals surface area contributed by atoms with Crippen LogP contribution in [0.1, 0.15) is 39.4 Å². The number of hydrogen-bond donors (Lipinski definition) is 0. The zero-order valence-electron chi connectivity index (χ0n) is 11.9. The fraction of sp³-hybridized carbons (Fsp3) is 0.714. The molecule has 1 saturated heterocycles. The maximum absolute atomic E-state index is 4.71. The van der Waals surface area contributed by atoms with Gasteiger partial charge in [0.2, 0.25) is 0 Å². The molecule has 19 heavy (non-hydrogen) atoms. The van der Waals surface area contributed by atoms with E-state index in [-0.39, 0.29) is 0 Å². The lowest BCUT2D eigenvalue weighted by Gasteiger charge is -2.23. The Morgan fingerprint density at radius 2 is 2.16 bits per heavy atom. The first-order valence-electron chi connectivity index (χ1n) is 6.92. The summed E-state index contributed by atoms with van der Waals surface area (Å²) in [6.45, 7) is 8.98. The van der Waals surface area contributed by atoms with Crippen molar-refractivity contribution in [1.82, 2.24) is 9.97 Å². The van der Waals surface area contributed by atoms with E-state index < -0.39 is 0 Å². The first-order chi connectivity index (χ1) is 9.00. The summed E-state index contributed by atoms with van der Waals surface area (Å²) in [6, 6.07) is 2.04. The van der Waals surface area contributed by atoms with Crippen LogP contribution in [0.5, 0.6) is 0 Å². The summed E-state index contributed by atoms with van der Waals surface area (Å²) in [5.74, 6) is 3.18. The Bertz CT molecular complexity index is 437. The summed E-state index contributed by atoms with van der Waals surface area (Å²) >= 11 is 5.57. The van der Waals surface area contributed by atoms with Crippen LogP contribution in [0.25, 0.3) is 0 Å². The molecular formula is C14H22BrN3S. The van der Waals surface area contributed by atoms with Gasteiger partial charge in [0, 0.05) is 36.1 Å². The van der Waals surface area contributed by atoms with Gasteiger partial charge in [-0.2, -0.15) is 11.8 Å². The average Bonchev–Trinajstić information content (AvgIpc) is 2.50. The summed E-state index contributed by atoms with van der Waals surface area (Å²) in [5.41, 5.74) is 0. The SMILES string of the molecule is CCCc1nc(Br)cc(N2CCSC(C)(C)CC2)n1. The predicted molar refractivity (Wildman–Crippen MR) is 87.1 cm³/mol. The molecule has 0 saturated carbocycles. The number of nitrogens with zero attached hydrogens (tertiary/aromatic N) is 3. The molecular weight excluding hydrogens is 322 g/mol. The molecule has 1 aromatic heterocycles. The molecule has 0 aliphatic carbocycles. The zero-order valence-corrected chi connectivity index (χ0v) is 14.4. The van der Waals surface area contributed by atoms with E-state index in [0.29, 0.717) is 4.75 Å². The summed E-state index contributed by atoms with van der Waals surface area (Å²) in [4.78, 5) is 11.6. The highest BCUT2D eigenvalue weighted by molar-refractivity contribution is 9.10. The van der Waals surface area contributed by atoms with Crippen molar-refractivity contribution in [1.29, 1.82) is 0 Å². The molecule has 0 radical (unpaired) electrons. The molecule has 0 spiro atoms. The van der Waals surface area contributed by atoms with Gasteiger partial charge in [-0.15, -0.1) is 0 Å². The molecule has 2 rings (SSSR count). The maximum atomic E-state index is 4.71. The van der Waals surface area contributed by atoms with Crippen molar-refractivity contribution in [3.05, 3.63) is 16.5 Å². The number of thioether (sulfide) groups is 1. The van der Waals surface area contributed by atoms with E-state index in [0.717, 1.165) is 47.9 Å². The van der Waals surface area contributed by atoms with Gasteiger partial charge in [0.25, 0.3) is 0 Å². The van der Waals surface area contributed by atoms with Crippen LogP contribution in [0.3, 0.4) is 0 Å². The number of halogens is 1. The molecule has 1 aromatic rings. The van der Waals surface area contributed by atoms with Gasteiger partial charge < -0.3 is 4.90 Å². The van der Waals surface area contributed by atoms with Crippen LogP contribution in [-0.4, -0.2) is 33.6 Å². The fourth-order valence-electron chi connectivity index (χ4n) is 2.20. The molecule has 5 heteroatoms. The van der Waals surface area contributed by atoms with Crippen molar-refractivity contribution in [3.63, 3.8) is 0 Å². The number of anilines is 1. The molecule has 1 aliphatic heterocycles. The highest BCUT2D eigenvalue weighted by Gasteiger charge is 2.24. The molecule has 0 bridgehead atoms. The Hall–Kier alpha value is -0.290. The second-order valence-corrected chi connectivity index (χ2v) is 8.17. The van der Waals surface area contributed by atoms with Crippen LogP contribution in [0.15, 0.2) is 10.7 Å². The third-order valence-electron chi connectivity index (χ3n) is 3.36. The summed E-state index contributed by atoms with van der Waals surface area (Å²) in [5, 5.41) is 0. The first-order valence-corrected chi connectivity index (χ1v) is 8.70. The van der Waals surface area contributed by atoms with Gasteiger partial charge in [-0.05, 0) is 28.8 Å². The minimum atomic E-state index is 0.380. The normalized spacial score (nSPS) is 19.3. The Morgan fingerprint density at radius 3 is 2.89 bits per heavy atom. The average molecular weight is 344 g/mol. The number of hydrogen-bond acceptors (Lipinski definition) is 4. The van der Waals surface area contributed by atoms with Crippen LogP contribution in [0, 0.1) is 0 Å². The van der Waals surface area contributed by atoms with E-state index in [4.69, 9.17) is 4.98 Å². The number of rotatable bonds is 3. The van der Waals surface area contributed by atoms with Gasteiger partial charge in [-0.25, -0.2) is 9.97 Å². The fourth-order valence-corrected chi connectivity index (χ4v) is 3.71. The van der Waals surface area contributed by atoms with E-state index in [9.17, 15) is 0 Å². The van der Waals surface area contributed by atoms with Crippen LogP contribution in [0.2, 0.25) is 0 Å². The highest BCUT2D eigenvalue weighted by Crippen LogP contribution is 2.32. The van der Waals surface area contributed by atoms with Gasteiger partial charge in [-0.3, -0.25) is 0 Å². The lowest BCUT2D eigenvalue weighted by atomic mass is 10.1. The van der Waals surface area contributed by atoms with Crippen molar-refractivity contribution < 1.29 is 0 Å². The smallest absolute Gasteiger partial charge is 0.133 e. The van der Waals surface area contributed by atoms with E-state index in [1.807, 2.05) is 6.07 Å². The van der Waals surface area contributed by atoms with Crippen molar-refractivity contribution in [2.45, 2.75) is 44.8 Å². The lowest BCUT2D eigenvalue weighted by Crippen LogP contribution is -2.28. The minimum Gasteiger partial charge on any atom is -0.356 e. The van der Waals surface area contributed by atoms with Gasteiger partial charge >= 0.3 is 0 Å². The molecule has 0 aromatic carbocycles. The second-order valence-electron chi connectivity index (χ2n) is 5.56. The molecule has 2 heterocycles. The Labute approximate surface area is 128 Å².